The van der Waals surface area contributed by atoms with Crippen LogP contribution in [-0.2, 0) is 4.79 Å². The van der Waals surface area contributed by atoms with Crippen molar-refractivity contribution in [2.24, 2.45) is 5.73 Å². The number of piperidine rings is 1. The number of anilines is 1. The van der Waals surface area contributed by atoms with E-state index in [-0.39, 0.29) is 5.75 Å². The van der Waals surface area contributed by atoms with Crippen LogP contribution in [0, 0.1) is 0 Å². The first-order valence-electron chi connectivity index (χ1n) is 11.8. The number of benzene rings is 2. The lowest BCUT2D eigenvalue weighted by molar-refractivity contribution is -0.189. The van der Waals surface area contributed by atoms with Gasteiger partial charge < -0.3 is 15.4 Å². The van der Waals surface area contributed by atoms with Crippen molar-refractivity contribution in [1.82, 2.24) is 15.0 Å². The molecule has 0 bridgehead atoms. The Morgan fingerprint density at radius 1 is 0.919 bits per heavy atom. The van der Waals surface area contributed by atoms with E-state index in [4.69, 9.17) is 9.97 Å². The molecule has 0 spiro atoms. The first-order valence-corrected chi connectivity index (χ1v) is 11.8. The van der Waals surface area contributed by atoms with Crippen LogP contribution in [0.25, 0.3) is 33.4 Å². The van der Waals surface area contributed by atoms with Gasteiger partial charge in [-0.05, 0) is 62.2 Å². The van der Waals surface area contributed by atoms with Crippen molar-refractivity contribution in [2.45, 2.75) is 25.4 Å². The summed E-state index contributed by atoms with van der Waals surface area (Å²) < 4.78 is 42.0. The number of ether oxygens (including phenoxy) is 1. The number of hydrogen-bond donors (Lipinski definition) is 1. The summed E-state index contributed by atoms with van der Waals surface area (Å²) in [7, 11) is 1.50. The molecule has 7 nitrogen and oxygen atoms in total. The Labute approximate surface area is 212 Å². The second-order valence-electron chi connectivity index (χ2n) is 8.29. The number of aromatic nitrogens is 3. The van der Waals surface area contributed by atoms with Gasteiger partial charge in [-0.15, -0.1) is 0 Å². The van der Waals surface area contributed by atoms with E-state index in [1.165, 1.54) is 25.6 Å². The zero-order chi connectivity index (χ0) is 26.4. The first kappa shape index (κ1) is 26.0. The molecule has 0 radical (unpaired) electrons. The van der Waals surface area contributed by atoms with Gasteiger partial charge in [-0.3, -0.25) is 0 Å². The lowest BCUT2D eigenvalue weighted by Gasteiger charge is -2.26. The SMILES string of the molecule is CN.O=C(Oc1ccc(-c2nc3nc(N4CCCCC4)ncc3cc2-c2ccccc2)cc1)C(F)(F)F. The molecule has 2 aromatic carbocycles. The molecule has 1 aliphatic rings. The zero-order valence-corrected chi connectivity index (χ0v) is 20.2. The third kappa shape index (κ3) is 6.03. The highest BCUT2D eigenvalue weighted by atomic mass is 19.4. The number of carbonyl (C=O) groups is 1. The number of esters is 1. The maximum Gasteiger partial charge on any atom is 0.491 e. The van der Waals surface area contributed by atoms with Gasteiger partial charge in [0.25, 0.3) is 0 Å². The van der Waals surface area contributed by atoms with E-state index >= 15 is 0 Å². The molecule has 1 saturated heterocycles. The van der Waals surface area contributed by atoms with Gasteiger partial charge in [0.05, 0.1) is 5.69 Å². The van der Waals surface area contributed by atoms with Gasteiger partial charge in [-0.25, -0.2) is 14.8 Å². The summed E-state index contributed by atoms with van der Waals surface area (Å²) >= 11 is 0. The minimum absolute atomic E-state index is 0.201. The summed E-state index contributed by atoms with van der Waals surface area (Å²) in [6, 6.07) is 17.4. The van der Waals surface area contributed by atoms with E-state index in [1.54, 1.807) is 18.3 Å². The number of nitrogens with zero attached hydrogens (tertiary/aromatic N) is 4. The highest BCUT2D eigenvalue weighted by Crippen LogP contribution is 2.34. The van der Waals surface area contributed by atoms with Crippen molar-refractivity contribution < 1.29 is 22.7 Å². The van der Waals surface area contributed by atoms with Gasteiger partial charge in [0, 0.05) is 35.8 Å². The van der Waals surface area contributed by atoms with Gasteiger partial charge in [0.15, 0.2) is 5.65 Å². The van der Waals surface area contributed by atoms with Gasteiger partial charge in [0.1, 0.15) is 5.75 Å². The average Bonchev–Trinajstić information content (AvgIpc) is 2.94. The molecule has 2 aromatic heterocycles. The van der Waals surface area contributed by atoms with Crippen molar-refractivity contribution in [3.05, 3.63) is 66.9 Å². The summed E-state index contributed by atoms with van der Waals surface area (Å²) in [6.45, 7) is 1.80. The standard InChI is InChI=1S/C26H21F3N4O2.CH5N/c27-26(28,29)24(34)35-20-11-9-18(10-12-20)22-21(17-7-3-1-4-8-17)15-19-16-30-25(32-23(19)31-22)33-13-5-2-6-14-33;1-2/h1,3-4,7-12,15-16H,2,5-6,13-14H2;2H2,1H3. The van der Waals surface area contributed by atoms with E-state index in [9.17, 15) is 18.0 Å². The highest BCUT2D eigenvalue weighted by Gasteiger charge is 2.41. The van der Waals surface area contributed by atoms with Crippen LogP contribution in [0.3, 0.4) is 0 Å². The van der Waals surface area contributed by atoms with E-state index in [0.29, 0.717) is 22.9 Å². The Balaban J connectivity index is 0.00000156. The van der Waals surface area contributed by atoms with E-state index < -0.39 is 12.1 Å². The summed E-state index contributed by atoms with van der Waals surface area (Å²) in [4.78, 5) is 27.4. The second kappa shape index (κ2) is 11.3. The molecular formula is C27H26F3N5O2. The number of alkyl halides is 3. The molecule has 3 heterocycles. The van der Waals surface area contributed by atoms with Crippen LogP contribution >= 0.6 is 0 Å². The molecule has 5 rings (SSSR count). The summed E-state index contributed by atoms with van der Waals surface area (Å²) in [5, 5.41) is 0.782. The fourth-order valence-corrected chi connectivity index (χ4v) is 4.10. The summed E-state index contributed by atoms with van der Waals surface area (Å²) in [5.74, 6) is -1.83. The molecule has 0 amide bonds. The van der Waals surface area contributed by atoms with Crippen molar-refractivity contribution in [2.75, 3.05) is 25.0 Å². The Morgan fingerprint density at radius 3 is 2.24 bits per heavy atom. The van der Waals surface area contributed by atoms with Crippen LogP contribution in [0.2, 0.25) is 0 Å². The number of rotatable bonds is 4. The molecule has 1 fully saturated rings. The third-order valence-electron chi connectivity index (χ3n) is 5.85. The summed E-state index contributed by atoms with van der Waals surface area (Å²) in [6.07, 6.45) is 0.0950. The fourth-order valence-electron chi connectivity index (χ4n) is 4.10. The molecule has 0 unspecified atom stereocenters. The molecule has 0 saturated carbocycles. The molecule has 1 aliphatic heterocycles. The molecule has 192 valence electrons. The lowest BCUT2D eigenvalue weighted by Crippen LogP contribution is -2.30. The Kier molecular flexibility index (Phi) is 7.98. The van der Waals surface area contributed by atoms with Crippen molar-refractivity contribution in [1.29, 1.82) is 0 Å². The minimum atomic E-state index is -5.06. The van der Waals surface area contributed by atoms with Gasteiger partial charge in [-0.1, -0.05) is 30.3 Å². The number of pyridine rings is 1. The molecular weight excluding hydrogens is 483 g/mol. The average molecular weight is 510 g/mol. The monoisotopic (exact) mass is 509 g/mol. The zero-order valence-electron chi connectivity index (χ0n) is 20.2. The lowest BCUT2D eigenvalue weighted by atomic mass is 9.98. The molecule has 10 heteroatoms. The Morgan fingerprint density at radius 2 is 1.59 bits per heavy atom. The smallest absolute Gasteiger partial charge is 0.420 e. The Hall–Kier alpha value is -4.05. The van der Waals surface area contributed by atoms with Crippen molar-refractivity contribution >= 4 is 23.0 Å². The summed E-state index contributed by atoms with van der Waals surface area (Å²) in [5.41, 5.74) is 8.04. The van der Waals surface area contributed by atoms with Crippen LogP contribution in [0.1, 0.15) is 19.3 Å². The number of halogens is 3. The quantitative estimate of drug-likeness (QED) is 0.291. The molecule has 0 aliphatic carbocycles. The third-order valence-corrected chi connectivity index (χ3v) is 5.85. The minimum Gasteiger partial charge on any atom is -0.420 e. The van der Waals surface area contributed by atoms with Gasteiger partial charge in [0.2, 0.25) is 5.95 Å². The second-order valence-corrected chi connectivity index (χ2v) is 8.29. The topological polar surface area (TPSA) is 94.2 Å². The van der Waals surface area contributed by atoms with Crippen LogP contribution in [0.5, 0.6) is 5.75 Å². The normalized spacial score (nSPS) is 13.6. The predicted molar refractivity (Wildman–Crippen MR) is 136 cm³/mol. The van der Waals surface area contributed by atoms with E-state index in [2.05, 4.69) is 20.4 Å². The molecule has 37 heavy (non-hydrogen) atoms. The van der Waals surface area contributed by atoms with E-state index in [1.807, 2.05) is 36.4 Å². The van der Waals surface area contributed by atoms with Crippen LogP contribution in [0.4, 0.5) is 19.1 Å². The molecule has 4 aromatic rings. The van der Waals surface area contributed by atoms with E-state index in [0.717, 1.165) is 42.4 Å². The number of nitrogens with two attached hydrogens (primary N) is 1. The van der Waals surface area contributed by atoms with Gasteiger partial charge in [-0.2, -0.15) is 18.2 Å². The maximum absolute atomic E-state index is 12.5. The van der Waals surface area contributed by atoms with Crippen LogP contribution in [0.15, 0.2) is 66.9 Å². The number of fused-ring (bicyclic) bond motifs is 1. The number of carbonyl (C=O) groups excluding carboxylic acids is 1. The molecule has 0 atom stereocenters. The van der Waals surface area contributed by atoms with Crippen molar-refractivity contribution in [3.8, 4) is 28.1 Å². The first-order chi connectivity index (χ1) is 17.9. The van der Waals surface area contributed by atoms with Gasteiger partial charge >= 0.3 is 12.1 Å². The maximum atomic E-state index is 12.5. The van der Waals surface area contributed by atoms with Crippen molar-refractivity contribution in [3.63, 3.8) is 0 Å². The van der Waals surface area contributed by atoms with Crippen LogP contribution in [-0.4, -0.2) is 47.2 Å². The fraction of sp³-hybridized carbons (Fsp3) is 0.259. The predicted octanol–water partition coefficient (Wildman–Crippen LogP) is 5.39. The largest absolute Gasteiger partial charge is 0.491 e. The number of hydrogen-bond acceptors (Lipinski definition) is 7. The van der Waals surface area contributed by atoms with Crippen LogP contribution < -0.4 is 15.4 Å². The Bertz CT molecular complexity index is 1360. The molecule has 2 N–H and O–H groups in total. The highest BCUT2D eigenvalue weighted by molar-refractivity contribution is 5.90.